The summed E-state index contributed by atoms with van der Waals surface area (Å²) >= 11 is 2.18. The maximum absolute atomic E-state index is 4.33. The maximum atomic E-state index is 4.33. The molecule has 0 aliphatic carbocycles. The van der Waals surface area contributed by atoms with Gasteiger partial charge in [-0.2, -0.15) is 0 Å². The first-order chi connectivity index (χ1) is 8.20. The second-order valence-corrected chi connectivity index (χ2v) is 4.39. The van der Waals surface area contributed by atoms with Crippen LogP contribution in [0, 0.1) is 0 Å². The monoisotopic (exact) mass is 338 g/mol. The van der Waals surface area contributed by atoms with Gasteiger partial charge in [0.2, 0.25) is 0 Å². The van der Waals surface area contributed by atoms with Gasteiger partial charge in [-0.15, -0.1) is 0 Å². The summed E-state index contributed by atoms with van der Waals surface area (Å²) in [4.78, 5) is 8.31. The molecule has 0 unspecified atom stereocenters. The summed E-state index contributed by atoms with van der Waals surface area (Å²) in [5, 5.41) is 0. The van der Waals surface area contributed by atoms with Crippen LogP contribution in [-0.2, 0) is 0 Å². The third-order valence-corrected chi connectivity index (χ3v) is 3.11. The molecule has 1 aromatic rings. The molecule has 0 aliphatic rings. The minimum Gasteiger partial charge on any atom is -0.264 e. The standard InChI is InChI=1S/C14H15IN2/c1-4-5-10-17-14(15)11(2)12-8-6-7-9-13(12)16-3/h5-10H,2-4H2,1H3/b10-5-,17-14?. The van der Waals surface area contributed by atoms with Gasteiger partial charge in [-0.05, 0) is 41.8 Å². The molecule has 1 rings (SSSR count). The van der Waals surface area contributed by atoms with Crippen molar-refractivity contribution in [3.63, 3.8) is 0 Å². The fourth-order valence-electron chi connectivity index (χ4n) is 1.28. The fraction of sp³-hybridized carbons (Fsp3) is 0.143. The van der Waals surface area contributed by atoms with Crippen LogP contribution in [0.5, 0.6) is 0 Å². The second kappa shape index (κ2) is 7.17. The number of aliphatic imine (C=N–C) groups is 2. The Balaban J connectivity index is 3.00. The summed E-state index contributed by atoms with van der Waals surface area (Å²) in [5.41, 5.74) is 2.68. The van der Waals surface area contributed by atoms with Crippen molar-refractivity contribution in [3.05, 3.63) is 48.7 Å². The van der Waals surface area contributed by atoms with Gasteiger partial charge in [0.25, 0.3) is 0 Å². The van der Waals surface area contributed by atoms with Crippen LogP contribution in [0.4, 0.5) is 5.69 Å². The van der Waals surface area contributed by atoms with E-state index < -0.39 is 0 Å². The lowest BCUT2D eigenvalue weighted by Gasteiger charge is -2.06. The van der Waals surface area contributed by atoms with Crippen molar-refractivity contribution in [3.8, 4) is 0 Å². The van der Waals surface area contributed by atoms with Crippen LogP contribution in [0.1, 0.15) is 18.9 Å². The summed E-state index contributed by atoms with van der Waals surface area (Å²) in [6, 6.07) is 7.78. The van der Waals surface area contributed by atoms with Crippen molar-refractivity contribution >= 4 is 44.3 Å². The van der Waals surface area contributed by atoms with Crippen molar-refractivity contribution in [2.45, 2.75) is 13.3 Å². The second-order valence-electron chi connectivity index (χ2n) is 3.37. The van der Waals surface area contributed by atoms with E-state index in [9.17, 15) is 0 Å². The van der Waals surface area contributed by atoms with Gasteiger partial charge < -0.3 is 0 Å². The van der Waals surface area contributed by atoms with Crippen molar-refractivity contribution < 1.29 is 0 Å². The Hall–Kier alpha value is -1.23. The topological polar surface area (TPSA) is 24.7 Å². The molecule has 1 aromatic carbocycles. The third kappa shape index (κ3) is 3.93. The lowest BCUT2D eigenvalue weighted by molar-refractivity contribution is 1.21. The minimum absolute atomic E-state index is 0.835. The van der Waals surface area contributed by atoms with Crippen molar-refractivity contribution in [2.24, 2.45) is 9.98 Å². The molecule has 0 aliphatic heterocycles. The lowest BCUT2D eigenvalue weighted by atomic mass is 10.1. The minimum atomic E-state index is 0.835. The average molecular weight is 338 g/mol. The largest absolute Gasteiger partial charge is 0.264 e. The SMILES string of the molecule is C=Nc1ccccc1C(=C)C(I)=N/C=C\CC. The zero-order valence-electron chi connectivity index (χ0n) is 9.86. The molecular formula is C14H15IN2. The van der Waals surface area contributed by atoms with Crippen molar-refractivity contribution in [2.75, 3.05) is 0 Å². The van der Waals surface area contributed by atoms with Gasteiger partial charge in [0.1, 0.15) is 3.72 Å². The van der Waals surface area contributed by atoms with Crippen LogP contribution in [0.15, 0.2) is 53.1 Å². The van der Waals surface area contributed by atoms with Gasteiger partial charge in [0, 0.05) is 17.3 Å². The van der Waals surface area contributed by atoms with E-state index in [1.807, 2.05) is 30.3 Å². The molecule has 0 saturated heterocycles. The summed E-state index contributed by atoms with van der Waals surface area (Å²) in [7, 11) is 0. The molecule has 88 valence electrons. The Morgan fingerprint density at radius 2 is 2.12 bits per heavy atom. The van der Waals surface area contributed by atoms with E-state index in [2.05, 4.69) is 52.8 Å². The summed E-state index contributed by atoms with van der Waals surface area (Å²) in [6.45, 7) is 9.69. The zero-order chi connectivity index (χ0) is 12.7. The lowest BCUT2D eigenvalue weighted by Crippen LogP contribution is -1.91. The Bertz CT molecular complexity index is 473. The maximum Gasteiger partial charge on any atom is 0.108 e. The van der Waals surface area contributed by atoms with Crippen molar-refractivity contribution in [1.29, 1.82) is 0 Å². The highest BCUT2D eigenvalue weighted by atomic mass is 127. The number of nitrogens with zero attached hydrogens (tertiary/aromatic N) is 2. The van der Waals surface area contributed by atoms with Crippen LogP contribution in [0.25, 0.3) is 5.57 Å². The van der Waals surface area contributed by atoms with Crippen LogP contribution in [0.3, 0.4) is 0 Å². The van der Waals surface area contributed by atoms with Gasteiger partial charge in [0.15, 0.2) is 0 Å². The van der Waals surface area contributed by atoms with Crippen LogP contribution in [-0.4, -0.2) is 10.4 Å². The number of halogens is 1. The average Bonchev–Trinajstić information content (AvgIpc) is 2.38. The predicted octanol–water partition coefficient (Wildman–Crippen LogP) is 4.79. The number of hydrogen-bond acceptors (Lipinski definition) is 2. The van der Waals surface area contributed by atoms with Crippen LogP contribution < -0.4 is 0 Å². The van der Waals surface area contributed by atoms with Gasteiger partial charge in [0.05, 0.1) is 5.69 Å². The first-order valence-electron chi connectivity index (χ1n) is 5.34. The van der Waals surface area contributed by atoms with E-state index in [4.69, 9.17) is 0 Å². The Labute approximate surface area is 116 Å². The summed E-state index contributed by atoms with van der Waals surface area (Å²) in [6.07, 6.45) is 4.78. The Morgan fingerprint density at radius 3 is 2.76 bits per heavy atom. The Morgan fingerprint density at radius 1 is 1.41 bits per heavy atom. The first-order valence-corrected chi connectivity index (χ1v) is 6.42. The van der Waals surface area contributed by atoms with E-state index in [0.717, 1.165) is 27.0 Å². The molecule has 0 heterocycles. The van der Waals surface area contributed by atoms with Gasteiger partial charge in [-0.1, -0.05) is 37.8 Å². The molecule has 2 nitrogen and oxygen atoms in total. The number of benzene rings is 1. The molecule has 17 heavy (non-hydrogen) atoms. The van der Waals surface area contributed by atoms with E-state index in [-0.39, 0.29) is 0 Å². The van der Waals surface area contributed by atoms with Crippen LogP contribution >= 0.6 is 22.6 Å². The van der Waals surface area contributed by atoms with Gasteiger partial charge in [-0.25, -0.2) is 0 Å². The molecule has 0 radical (unpaired) electrons. The molecule has 0 aromatic heterocycles. The molecule has 0 bridgehead atoms. The number of hydrogen-bond donors (Lipinski definition) is 0. The normalized spacial score (nSPS) is 11.8. The van der Waals surface area contributed by atoms with Crippen molar-refractivity contribution in [1.82, 2.24) is 0 Å². The predicted molar refractivity (Wildman–Crippen MR) is 85.6 cm³/mol. The number of para-hydroxylation sites is 1. The van der Waals surface area contributed by atoms with E-state index in [0.29, 0.717) is 0 Å². The summed E-state index contributed by atoms with van der Waals surface area (Å²) in [5.74, 6) is 0. The molecule has 0 fully saturated rings. The van der Waals surface area contributed by atoms with Crippen LogP contribution in [0.2, 0.25) is 0 Å². The van der Waals surface area contributed by atoms with E-state index >= 15 is 0 Å². The molecule has 0 atom stereocenters. The highest BCUT2D eigenvalue weighted by molar-refractivity contribution is 14.1. The fourth-order valence-corrected chi connectivity index (χ4v) is 1.73. The summed E-state index contributed by atoms with van der Waals surface area (Å²) < 4.78 is 0.864. The van der Waals surface area contributed by atoms with E-state index in [1.165, 1.54) is 0 Å². The molecule has 0 spiro atoms. The molecular weight excluding hydrogens is 323 g/mol. The quantitative estimate of drug-likeness (QED) is 0.545. The van der Waals surface area contributed by atoms with Gasteiger partial charge >= 0.3 is 0 Å². The number of allylic oxidation sites excluding steroid dienone is 2. The molecule has 0 amide bonds. The zero-order valence-corrected chi connectivity index (χ0v) is 12.0. The van der Waals surface area contributed by atoms with E-state index in [1.54, 1.807) is 6.20 Å². The third-order valence-electron chi connectivity index (χ3n) is 2.18. The number of rotatable bonds is 5. The highest BCUT2D eigenvalue weighted by Crippen LogP contribution is 2.27. The Kier molecular flexibility index (Phi) is 5.83. The smallest absolute Gasteiger partial charge is 0.108 e. The first kappa shape index (κ1) is 13.8. The molecule has 0 N–H and O–H groups in total. The highest BCUT2D eigenvalue weighted by Gasteiger charge is 2.07. The molecule has 0 saturated carbocycles. The van der Waals surface area contributed by atoms with Gasteiger partial charge in [-0.3, -0.25) is 9.98 Å². The molecule has 3 heteroatoms.